The molecular weight excluding hydrogens is 242 g/mol. The maximum Gasteiger partial charge on any atom is 0.254 e. The summed E-state index contributed by atoms with van der Waals surface area (Å²) in [4.78, 5) is 14.4. The first-order valence-electron chi connectivity index (χ1n) is 6.60. The molecule has 1 unspecified atom stereocenters. The van der Waals surface area contributed by atoms with E-state index >= 15 is 0 Å². The van der Waals surface area contributed by atoms with Crippen LogP contribution in [-0.2, 0) is 4.74 Å². The van der Waals surface area contributed by atoms with Crippen molar-refractivity contribution in [2.75, 3.05) is 20.3 Å². The molecule has 106 valence electrons. The molecule has 0 aliphatic carbocycles. The van der Waals surface area contributed by atoms with Gasteiger partial charge in [-0.25, -0.2) is 0 Å². The first-order chi connectivity index (χ1) is 9.01. The third kappa shape index (κ3) is 3.96. The average Bonchev–Trinajstić information content (AvgIpc) is 2.38. The number of phenols is 1. The van der Waals surface area contributed by atoms with Crippen LogP contribution in [0.2, 0.25) is 0 Å². The molecule has 0 heterocycles. The zero-order valence-corrected chi connectivity index (χ0v) is 12.1. The van der Waals surface area contributed by atoms with E-state index in [-0.39, 0.29) is 17.7 Å². The lowest BCUT2D eigenvalue weighted by molar-refractivity contribution is 0.0613. The summed E-state index contributed by atoms with van der Waals surface area (Å²) in [6.07, 6.45) is 0.895. The lowest BCUT2D eigenvalue weighted by atomic mass is 10.1. The summed E-state index contributed by atoms with van der Waals surface area (Å²) in [5.41, 5.74) is 1.42. The summed E-state index contributed by atoms with van der Waals surface area (Å²) in [6, 6.07) is 5.00. The van der Waals surface area contributed by atoms with Gasteiger partial charge in [0.25, 0.3) is 5.91 Å². The minimum Gasteiger partial charge on any atom is -0.508 e. The van der Waals surface area contributed by atoms with E-state index in [1.54, 1.807) is 25.3 Å². The highest BCUT2D eigenvalue weighted by atomic mass is 16.5. The second-order valence-corrected chi connectivity index (χ2v) is 4.75. The quantitative estimate of drug-likeness (QED) is 0.860. The zero-order valence-electron chi connectivity index (χ0n) is 12.1. The molecule has 1 rings (SSSR count). The molecule has 1 N–H and O–H groups in total. The molecule has 19 heavy (non-hydrogen) atoms. The highest BCUT2D eigenvalue weighted by molar-refractivity contribution is 5.96. The van der Waals surface area contributed by atoms with Crippen molar-refractivity contribution in [1.82, 2.24) is 4.90 Å². The third-order valence-corrected chi connectivity index (χ3v) is 3.36. The van der Waals surface area contributed by atoms with Crippen molar-refractivity contribution in [2.24, 2.45) is 0 Å². The van der Waals surface area contributed by atoms with Crippen LogP contribution in [0.3, 0.4) is 0 Å². The Morgan fingerprint density at radius 2 is 2.16 bits per heavy atom. The van der Waals surface area contributed by atoms with Crippen molar-refractivity contribution < 1.29 is 14.6 Å². The number of aromatic hydroxyl groups is 1. The summed E-state index contributed by atoms with van der Waals surface area (Å²) < 4.78 is 5.07. The van der Waals surface area contributed by atoms with E-state index in [0.717, 1.165) is 12.0 Å². The van der Waals surface area contributed by atoms with Crippen molar-refractivity contribution in [1.29, 1.82) is 0 Å². The van der Waals surface area contributed by atoms with Gasteiger partial charge in [-0.05, 0) is 44.0 Å². The molecule has 1 atom stereocenters. The van der Waals surface area contributed by atoms with Gasteiger partial charge in [0.2, 0.25) is 0 Å². The lowest BCUT2D eigenvalue weighted by Gasteiger charge is -2.29. The Balaban J connectivity index is 2.97. The number of ether oxygens (including phenoxy) is 1. The number of amides is 1. The van der Waals surface area contributed by atoms with Crippen molar-refractivity contribution in [3.8, 4) is 5.75 Å². The van der Waals surface area contributed by atoms with Crippen LogP contribution in [0.5, 0.6) is 5.75 Å². The van der Waals surface area contributed by atoms with Gasteiger partial charge in [-0.3, -0.25) is 4.79 Å². The molecular formula is C15H23NO3. The number of methoxy groups -OCH3 is 1. The minimum atomic E-state index is -0.0103. The van der Waals surface area contributed by atoms with Gasteiger partial charge in [-0.2, -0.15) is 0 Å². The van der Waals surface area contributed by atoms with Crippen molar-refractivity contribution >= 4 is 5.91 Å². The highest BCUT2D eigenvalue weighted by Gasteiger charge is 2.21. The standard InChI is InChI=1S/C15H23NO3/c1-5-12(3)16(8-9-19-4)15(18)14-7-6-13(17)10-11(14)2/h6-7,10,12,17H,5,8-9H2,1-4H3. The number of aryl methyl sites for hydroxylation is 1. The molecule has 0 saturated heterocycles. The third-order valence-electron chi connectivity index (χ3n) is 3.36. The molecule has 0 saturated carbocycles. The molecule has 0 aliphatic heterocycles. The molecule has 4 heteroatoms. The second-order valence-electron chi connectivity index (χ2n) is 4.75. The molecule has 0 aliphatic rings. The van der Waals surface area contributed by atoms with Crippen molar-refractivity contribution in [3.05, 3.63) is 29.3 Å². The summed E-state index contributed by atoms with van der Waals surface area (Å²) in [6.45, 7) is 7.01. The first-order valence-corrected chi connectivity index (χ1v) is 6.60. The van der Waals surface area contributed by atoms with Gasteiger partial charge in [0, 0.05) is 25.3 Å². The van der Waals surface area contributed by atoms with Gasteiger partial charge in [0.1, 0.15) is 5.75 Å². The number of nitrogens with zero attached hydrogens (tertiary/aromatic N) is 1. The van der Waals surface area contributed by atoms with Gasteiger partial charge in [-0.15, -0.1) is 0 Å². The van der Waals surface area contributed by atoms with E-state index in [2.05, 4.69) is 6.92 Å². The Labute approximate surface area is 115 Å². The van der Waals surface area contributed by atoms with Crippen LogP contribution in [0.1, 0.15) is 36.2 Å². The predicted octanol–water partition coefficient (Wildman–Crippen LogP) is 2.59. The van der Waals surface area contributed by atoms with Crippen LogP contribution < -0.4 is 0 Å². The van der Waals surface area contributed by atoms with Crippen LogP contribution >= 0.6 is 0 Å². The van der Waals surface area contributed by atoms with Crippen LogP contribution in [0.25, 0.3) is 0 Å². The topological polar surface area (TPSA) is 49.8 Å². The molecule has 0 bridgehead atoms. The normalized spacial score (nSPS) is 12.2. The van der Waals surface area contributed by atoms with E-state index in [0.29, 0.717) is 18.7 Å². The Kier molecular flexibility index (Phi) is 5.83. The highest BCUT2D eigenvalue weighted by Crippen LogP contribution is 2.19. The molecule has 0 aromatic heterocycles. The van der Waals surface area contributed by atoms with Crippen LogP contribution in [0.4, 0.5) is 0 Å². The van der Waals surface area contributed by atoms with E-state index in [1.165, 1.54) is 0 Å². The van der Waals surface area contributed by atoms with Gasteiger partial charge >= 0.3 is 0 Å². The van der Waals surface area contributed by atoms with E-state index < -0.39 is 0 Å². The average molecular weight is 265 g/mol. The number of hydrogen-bond donors (Lipinski definition) is 1. The van der Waals surface area contributed by atoms with E-state index in [4.69, 9.17) is 4.74 Å². The van der Waals surface area contributed by atoms with Crippen LogP contribution in [0.15, 0.2) is 18.2 Å². The zero-order chi connectivity index (χ0) is 14.4. The largest absolute Gasteiger partial charge is 0.508 e. The van der Waals surface area contributed by atoms with Crippen molar-refractivity contribution in [2.45, 2.75) is 33.2 Å². The fourth-order valence-electron chi connectivity index (χ4n) is 1.97. The molecule has 4 nitrogen and oxygen atoms in total. The summed E-state index contributed by atoms with van der Waals surface area (Å²) in [5.74, 6) is 0.171. The summed E-state index contributed by atoms with van der Waals surface area (Å²) >= 11 is 0. The fourth-order valence-corrected chi connectivity index (χ4v) is 1.97. The monoisotopic (exact) mass is 265 g/mol. The minimum absolute atomic E-state index is 0.0103. The lowest BCUT2D eigenvalue weighted by Crippen LogP contribution is -2.40. The van der Waals surface area contributed by atoms with E-state index in [1.807, 2.05) is 18.7 Å². The van der Waals surface area contributed by atoms with Gasteiger partial charge in [0.05, 0.1) is 6.61 Å². The predicted molar refractivity (Wildman–Crippen MR) is 75.5 cm³/mol. The van der Waals surface area contributed by atoms with Gasteiger partial charge in [0.15, 0.2) is 0 Å². The Morgan fingerprint density at radius 3 is 2.68 bits per heavy atom. The Morgan fingerprint density at radius 1 is 1.47 bits per heavy atom. The van der Waals surface area contributed by atoms with E-state index in [9.17, 15) is 9.90 Å². The SMILES string of the molecule is CCC(C)N(CCOC)C(=O)c1ccc(O)cc1C. The number of carbonyl (C=O) groups excluding carboxylic acids is 1. The summed E-state index contributed by atoms with van der Waals surface area (Å²) in [5, 5.41) is 9.41. The molecule has 1 aromatic rings. The van der Waals surface area contributed by atoms with Crippen LogP contribution in [0, 0.1) is 6.92 Å². The number of rotatable bonds is 6. The number of hydrogen-bond acceptors (Lipinski definition) is 3. The maximum absolute atomic E-state index is 12.6. The molecule has 0 spiro atoms. The Hall–Kier alpha value is -1.55. The van der Waals surface area contributed by atoms with Crippen molar-refractivity contribution in [3.63, 3.8) is 0 Å². The molecule has 1 aromatic carbocycles. The second kappa shape index (κ2) is 7.14. The number of phenolic OH excluding ortho intramolecular Hbond substituents is 1. The maximum atomic E-state index is 12.6. The summed E-state index contributed by atoms with van der Waals surface area (Å²) in [7, 11) is 1.63. The number of carbonyl (C=O) groups is 1. The molecule has 0 fully saturated rings. The van der Waals surface area contributed by atoms with Gasteiger partial charge in [-0.1, -0.05) is 6.92 Å². The Bertz CT molecular complexity index is 431. The first kappa shape index (κ1) is 15.5. The molecule has 0 radical (unpaired) electrons. The fraction of sp³-hybridized carbons (Fsp3) is 0.533. The molecule has 1 amide bonds. The number of benzene rings is 1. The van der Waals surface area contributed by atoms with Gasteiger partial charge < -0.3 is 14.7 Å². The smallest absolute Gasteiger partial charge is 0.254 e. The van der Waals surface area contributed by atoms with Crippen LogP contribution in [-0.4, -0.2) is 42.2 Å².